The van der Waals surface area contributed by atoms with Gasteiger partial charge >= 0.3 is 0 Å². The summed E-state index contributed by atoms with van der Waals surface area (Å²) < 4.78 is 26.9. The number of hydrogen-bond acceptors (Lipinski definition) is 3. The molecule has 1 heterocycles. The molecule has 0 aliphatic carbocycles. The van der Waals surface area contributed by atoms with Crippen LogP contribution in [0.2, 0.25) is 5.02 Å². The van der Waals surface area contributed by atoms with Crippen LogP contribution in [0.4, 0.5) is 0 Å². The lowest BCUT2D eigenvalue weighted by Gasteiger charge is -2.26. The van der Waals surface area contributed by atoms with Crippen LogP contribution >= 0.6 is 39.9 Å². The number of piperazine rings is 1. The Bertz CT molecular complexity index is 519. The van der Waals surface area contributed by atoms with E-state index in [1.54, 1.807) is 18.2 Å². The lowest BCUT2D eigenvalue weighted by molar-refractivity contribution is 0.360. The number of rotatable bonds is 2. The maximum atomic E-state index is 12.4. The van der Waals surface area contributed by atoms with Gasteiger partial charge in [0.15, 0.2) is 0 Å². The van der Waals surface area contributed by atoms with Crippen LogP contribution in [0.5, 0.6) is 0 Å². The molecule has 1 N–H and O–H groups in total. The number of nitrogens with zero attached hydrogens (tertiary/aromatic N) is 1. The SMILES string of the molecule is Cl.O=S(=O)(c1cc(Br)ccc1Cl)N1CCNCC1. The Balaban J connectivity index is 0.00000162. The van der Waals surface area contributed by atoms with Crippen molar-refractivity contribution in [3.8, 4) is 0 Å². The standard InChI is InChI=1S/C10H12BrClN2O2S.ClH/c11-8-1-2-9(12)10(7-8)17(15,16)14-5-3-13-4-6-14;/h1-2,7,13H,3-6H2;1H. The smallest absolute Gasteiger partial charge is 0.244 e. The van der Waals surface area contributed by atoms with Crippen LogP contribution in [0.15, 0.2) is 27.6 Å². The van der Waals surface area contributed by atoms with Crippen LogP contribution in [0.25, 0.3) is 0 Å². The summed E-state index contributed by atoms with van der Waals surface area (Å²) in [7, 11) is -3.48. The number of benzene rings is 1. The van der Waals surface area contributed by atoms with Crippen molar-refractivity contribution in [1.29, 1.82) is 0 Å². The Morgan fingerprint density at radius 1 is 1.28 bits per heavy atom. The second kappa shape index (κ2) is 6.54. The average Bonchev–Trinajstić information content (AvgIpc) is 2.33. The minimum atomic E-state index is -3.48. The van der Waals surface area contributed by atoms with Gasteiger partial charge in [-0.2, -0.15) is 4.31 Å². The van der Waals surface area contributed by atoms with E-state index in [9.17, 15) is 8.42 Å². The molecule has 1 saturated heterocycles. The monoisotopic (exact) mass is 374 g/mol. The number of sulfonamides is 1. The van der Waals surface area contributed by atoms with Gasteiger partial charge in [0.05, 0.1) is 5.02 Å². The van der Waals surface area contributed by atoms with Crippen LogP contribution in [-0.4, -0.2) is 38.9 Å². The zero-order valence-corrected chi connectivity index (χ0v) is 13.4. The second-order valence-corrected chi connectivity index (χ2v) is 6.96. The number of hydrogen-bond donors (Lipinski definition) is 1. The molecule has 1 aromatic carbocycles. The van der Waals surface area contributed by atoms with Gasteiger partial charge in [0.2, 0.25) is 10.0 Å². The molecule has 0 spiro atoms. The molecule has 0 aromatic heterocycles. The summed E-state index contributed by atoms with van der Waals surface area (Å²) in [5, 5.41) is 3.37. The molecule has 18 heavy (non-hydrogen) atoms. The van der Waals surface area contributed by atoms with E-state index in [1.165, 1.54) is 4.31 Å². The molecule has 0 unspecified atom stereocenters. The summed E-state index contributed by atoms with van der Waals surface area (Å²) in [4.78, 5) is 0.162. The van der Waals surface area contributed by atoms with Crippen LogP contribution in [0.1, 0.15) is 0 Å². The summed E-state index contributed by atoms with van der Waals surface area (Å²) in [6.45, 7) is 2.30. The van der Waals surface area contributed by atoms with E-state index in [0.717, 1.165) is 0 Å². The summed E-state index contributed by atoms with van der Waals surface area (Å²) in [5.41, 5.74) is 0. The van der Waals surface area contributed by atoms with Crippen molar-refractivity contribution < 1.29 is 8.42 Å². The fourth-order valence-electron chi connectivity index (χ4n) is 1.70. The Morgan fingerprint density at radius 2 is 1.89 bits per heavy atom. The van der Waals surface area contributed by atoms with E-state index < -0.39 is 10.0 Å². The fourth-order valence-corrected chi connectivity index (χ4v) is 4.15. The van der Waals surface area contributed by atoms with Gasteiger partial charge in [-0.3, -0.25) is 0 Å². The van der Waals surface area contributed by atoms with Gasteiger partial charge in [0.1, 0.15) is 4.90 Å². The molecule has 1 aliphatic heterocycles. The largest absolute Gasteiger partial charge is 0.314 e. The molecule has 8 heteroatoms. The van der Waals surface area contributed by atoms with E-state index >= 15 is 0 Å². The number of halogens is 3. The fraction of sp³-hybridized carbons (Fsp3) is 0.400. The van der Waals surface area contributed by atoms with Gasteiger partial charge in [-0.05, 0) is 18.2 Å². The predicted molar refractivity (Wildman–Crippen MR) is 78.0 cm³/mol. The average molecular weight is 376 g/mol. The summed E-state index contributed by atoms with van der Waals surface area (Å²) in [6, 6.07) is 4.85. The van der Waals surface area contributed by atoms with Crippen LogP contribution < -0.4 is 5.32 Å². The first-order chi connectivity index (χ1) is 8.01. The minimum absolute atomic E-state index is 0. The molecule has 0 bridgehead atoms. The first kappa shape index (κ1) is 16.2. The maximum Gasteiger partial charge on any atom is 0.244 e. The quantitative estimate of drug-likeness (QED) is 0.861. The Kier molecular flexibility index (Phi) is 5.89. The van der Waals surface area contributed by atoms with Crippen LogP contribution in [0, 0.1) is 0 Å². The van der Waals surface area contributed by atoms with Crippen molar-refractivity contribution in [2.45, 2.75) is 4.90 Å². The van der Waals surface area contributed by atoms with E-state index in [2.05, 4.69) is 21.2 Å². The Morgan fingerprint density at radius 3 is 2.50 bits per heavy atom. The van der Waals surface area contributed by atoms with E-state index in [4.69, 9.17) is 11.6 Å². The first-order valence-corrected chi connectivity index (χ1v) is 7.79. The molecule has 1 fully saturated rings. The summed E-state index contributed by atoms with van der Waals surface area (Å²) in [5.74, 6) is 0. The molecule has 0 saturated carbocycles. The third-order valence-corrected chi connectivity index (χ3v) is 5.46. The summed E-state index contributed by atoms with van der Waals surface area (Å²) >= 11 is 9.22. The molecular formula is C10H13BrCl2N2O2S. The van der Waals surface area contributed by atoms with Crippen LogP contribution in [-0.2, 0) is 10.0 Å². The highest BCUT2D eigenvalue weighted by atomic mass is 79.9. The van der Waals surface area contributed by atoms with Gasteiger partial charge < -0.3 is 5.32 Å². The van der Waals surface area contributed by atoms with Gasteiger partial charge in [0.25, 0.3) is 0 Å². The van der Waals surface area contributed by atoms with Gasteiger partial charge in [-0.25, -0.2) is 8.42 Å². The zero-order valence-electron chi connectivity index (χ0n) is 9.40. The second-order valence-electron chi connectivity index (χ2n) is 3.73. The maximum absolute atomic E-state index is 12.4. The minimum Gasteiger partial charge on any atom is -0.314 e. The van der Waals surface area contributed by atoms with Crippen molar-refractivity contribution in [3.05, 3.63) is 27.7 Å². The van der Waals surface area contributed by atoms with Crippen molar-refractivity contribution in [3.63, 3.8) is 0 Å². The van der Waals surface area contributed by atoms with Crippen molar-refractivity contribution in [2.75, 3.05) is 26.2 Å². The molecular weight excluding hydrogens is 363 g/mol. The van der Waals surface area contributed by atoms with Gasteiger partial charge in [-0.1, -0.05) is 27.5 Å². The topological polar surface area (TPSA) is 49.4 Å². The van der Waals surface area contributed by atoms with Crippen molar-refractivity contribution in [1.82, 2.24) is 9.62 Å². The molecule has 102 valence electrons. The van der Waals surface area contributed by atoms with Crippen molar-refractivity contribution in [2.24, 2.45) is 0 Å². The molecule has 1 aromatic rings. The lowest BCUT2D eigenvalue weighted by atomic mass is 10.4. The number of nitrogens with one attached hydrogen (secondary N) is 1. The highest BCUT2D eigenvalue weighted by Crippen LogP contribution is 2.27. The van der Waals surface area contributed by atoms with E-state index in [1.807, 2.05) is 0 Å². The molecule has 1 aliphatic rings. The normalized spacial score (nSPS) is 17.2. The molecule has 4 nitrogen and oxygen atoms in total. The lowest BCUT2D eigenvalue weighted by Crippen LogP contribution is -2.46. The van der Waals surface area contributed by atoms with Crippen molar-refractivity contribution >= 4 is 50.0 Å². The molecule has 0 radical (unpaired) electrons. The molecule has 2 rings (SSSR count). The van der Waals surface area contributed by atoms with Crippen LogP contribution in [0.3, 0.4) is 0 Å². The van der Waals surface area contributed by atoms with Gasteiger partial charge in [0, 0.05) is 30.7 Å². The Labute approximate surface area is 126 Å². The zero-order chi connectivity index (χ0) is 12.5. The first-order valence-electron chi connectivity index (χ1n) is 5.18. The predicted octanol–water partition coefficient (Wildman–Crippen LogP) is 2.12. The molecule has 0 amide bonds. The third kappa shape index (κ3) is 3.37. The highest BCUT2D eigenvalue weighted by Gasteiger charge is 2.27. The van der Waals surface area contributed by atoms with Gasteiger partial charge in [-0.15, -0.1) is 12.4 Å². The Hall–Kier alpha value is 0.150. The van der Waals surface area contributed by atoms with E-state index in [0.29, 0.717) is 30.7 Å². The van der Waals surface area contributed by atoms with E-state index in [-0.39, 0.29) is 22.3 Å². The molecule has 0 atom stereocenters. The highest BCUT2D eigenvalue weighted by molar-refractivity contribution is 9.10. The summed E-state index contributed by atoms with van der Waals surface area (Å²) in [6.07, 6.45) is 0. The third-order valence-electron chi connectivity index (χ3n) is 2.59.